The first kappa shape index (κ1) is 27.7. The molecule has 1 saturated carbocycles. The molecule has 7 heteroatoms. The van der Waals surface area contributed by atoms with Crippen LogP contribution in [0.2, 0.25) is 0 Å². The van der Waals surface area contributed by atoms with Gasteiger partial charge in [0.25, 0.3) is 5.91 Å². The van der Waals surface area contributed by atoms with E-state index in [4.69, 9.17) is 4.98 Å². The van der Waals surface area contributed by atoms with Crippen molar-refractivity contribution in [1.29, 1.82) is 0 Å². The van der Waals surface area contributed by atoms with E-state index in [9.17, 15) is 15.0 Å². The van der Waals surface area contributed by atoms with Gasteiger partial charge in [0.2, 0.25) is 0 Å². The van der Waals surface area contributed by atoms with Crippen molar-refractivity contribution in [2.75, 3.05) is 39.3 Å². The fraction of sp³-hybridized carbons (Fsp3) is 0.500. The fourth-order valence-electron chi connectivity index (χ4n) is 6.24. The minimum atomic E-state index is -0.715. The SMILES string of the molecule is C[C@H](NC(=O)c1c(CN2CCN(C[C@H](O)CO)CC2)c(-c2ccccc2)nc2ccccc12)C1CCCCC1. The number of benzene rings is 2. The zero-order valence-corrected chi connectivity index (χ0v) is 23.1. The highest BCUT2D eigenvalue weighted by molar-refractivity contribution is 6.09. The largest absolute Gasteiger partial charge is 0.394 e. The maximum Gasteiger partial charge on any atom is 0.252 e. The summed E-state index contributed by atoms with van der Waals surface area (Å²) in [7, 11) is 0. The molecular weight excluding hydrogens is 488 g/mol. The summed E-state index contributed by atoms with van der Waals surface area (Å²) in [5, 5.41) is 23.4. The molecule has 2 atom stereocenters. The van der Waals surface area contributed by atoms with Gasteiger partial charge in [0.05, 0.1) is 29.5 Å². The Kier molecular flexibility index (Phi) is 9.24. The van der Waals surface area contributed by atoms with Gasteiger partial charge >= 0.3 is 0 Å². The van der Waals surface area contributed by atoms with Gasteiger partial charge in [-0.1, -0.05) is 67.8 Å². The van der Waals surface area contributed by atoms with E-state index in [1.54, 1.807) is 0 Å². The van der Waals surface area contributed by atoms with Crippen molar-refractivity contribution in [1.82, 2.24) is 20.1 Å². The van der Waals surface area contributed by atoms with Crippen LogP contribution in [-0.4, -0.2) is 82.4 Å². The molecule has 7 nitrogen and oxygen atoms in total. The second-order valence-electron chi connectivity index (χ2n) is 11.3. The van der Waals surface area contributed by atoms with Crippen LogP contribution in [0, 0.1) is 5.92 Å². The van der Waals surface area contributed by atoms with Gasteiger partial charge in [-0.05, 0) is 31.7 Å². The lowest BCUT2D eigenvalue weighted by Gasteiger charge is -2.36. The van der Waals surface area contributed by atoms with E-state index < -0.39 is 6.10 Å². The summed E-state index contributed by atoms with van der Waals surface area (Å²) in [5.41, 5.74) is 4.41. The first-order chi connectivity index (χ1) is 19.0. The zero-order valence-electron chi connectivity index (χ0n) is 23.1. The lowest BCUT2D eigenvalue weighted by atomic mass is 9.84. The number of para-hydroxylation sites is 1. The van der Waals surface area contributed by atoms with Gasteiger partial charge in [-0.2, -0.15) is 0 Å². The lowest BCUT2D eigenvalue weighted by molar-refractivity contribution is 0.0382. The molecule has 5 rings (SSSR count). The molecule has 39 heavy (non-hydrogen) atoms. The van der Waals surface area contributed by atoms with Crippen LogP contribution in [0.15, 0.2) is 54.6 Å². The van der Waals surface area contributed by atoms with Crippen molar-refractivity contribution in [2.45, 2.75) is 57.7 Å². The van der Waals surface area contributed by atoms with Crippen molar-refractivity contribution in [3.8, 4) is 11.3 Å². The third-order valence-corrected chi connectivity index (χ3v) is 8.51. The van der Waals surface area contributed by atoms with Crippen LogP contribution in [0.5, 0.6) is 0 Å². The predicted octanol–water partition coefficient (Wildman–Crippen LogP) is 4.07. The highest BCUT2D eigenvalue weighted by atomic mass is 16.3. The number of rotatable bonds is 9. The van der Waals surface area contributed by atoms with Crippen LogP contribution in [0.25, 0.3) is 22.2 Å². The summed E-state index contributed by atoms with van der Waals surface area (Å²) in [6, 6.07) is 18.3. The van der Waals surface area contributed by atoms with Crippen molar-refractivity contribution < 1.29 is 15.0 Å². The molecule has 3 N–H and O–H groups in total. The van der Waals surface area contributed by atoms with Crippen molar-refractivity contribution in [2.24, 2.45) is 5.92 Å². The molecule has 3 aromatic rings. The molecule has 1 amide bonds. The summed E-state index contributed by atoms with van der Waals surface area (Å²) >= 11 is 0. The van der Waals surface area contributed by atoms with Crippen LogP contribution in [0.3, 0.4) is 0 Å². The van der Waals surface area contributed by atoms with Crippen molar-refractivity contribution >= 4 is 16.8 Å². The Labute approximate surface area is 231 Å². The Hall–Kier alpha value is -2.84. The molecule has 1 aromatic heterocycles. The minimum Gasteiger partial charge on any atom is -0.394 e. The highest BCUT2D eigenvalue weighted by Gasteiger charge is 2.28. The van der Waals surface area contributed by atoms with Gasteiger partial charge in [0.1, 0.15) is 0 Å². The second kappa shape index (κ2) is 13.0. The fourth-order valence-corrected chi connectivity index (χ4v) is 6.24. The minimum absolute atomic E-state index is 0.0106. The molecule has 0 spiro atoms. The Morgan fingerprint density at radius 3 is 2.36 bits per heavy atom. The molecule has 2 aliphatic rings. The second-order valence-corrected chi connectivity index (χ2v) is 11.3. The lowest BCUT2D eigenvalue weighted by Crippen LogP contribution is -2.48. The molecule has 208 valence electrons. The number of aromatic nitrogens is 1. The summed E-state index contributed by atoms with van der Waals surface area (Å²) in [6.07, 6.45) is 5.42. The number of carbonyl (C=O) groups is 1. The molecule has 1 aliphatic heterocycles. The summed E-state index contributed by atoms with van der Waals surface area (Å²) in [6.45, 7) is 6.29. The monoisotopic (exact) mass is 530 g/mol. The van der Waals surface area contributed by atoms with E-state index in [0.29, 0.717) is 19.0 Å². The molecule has 2 aromatic carbocycles. The summed E-state index contributed by atoms with van der Waals surface area (Å²) < 4.78 is 0. The Bertz CT molecular complexity index is 1240. The molecule has 1 saturated heterocycles. The molecule has 0 radical (unpaired) electrons. The molecule has 1 aliphatic carbocycles. The average molecular weight is 531 g/mol. The average Bonchev–Trinajstić information content (AvgIpc) is 2.98. The first-order valence-corrected chi connectivity index (χ1v) is 14.5. The number of nitrogens with zero attached hydrogens (tertiary/aromatic N) is 3. The number of carbonyl (C=O) groups excluding carboxylic acids is 1. The maximum absolute atomic E-state index is 14.1. The molecular formula is C32H42N4O3. The van der Waals surface area contributed by atoms with E-state index in [1.807, 2.05) is 42.5 Å². The highest BCUT2D eigenvalue weighted by Crippen LogP contribution is 2.32. The van der Waals surface area contributed by atoms with Gasteiger partial charge < -0.3 is 15.5 Å². The third-order valence-electron chi connectivity index (χ3n) is 8.51. The van der Waals surface area contributed by atoms with Gasteiger partial charge in [-0.25, -0.2) is 4.98 Å². The predicted molar refractivity (Wildman–Crippen MR) is 155 cm³/mol. The normalized spacial score (nSPS) is 19.2. The standard InChI is InChI=1S/C32H42N4O3/c1-23(24-10-4-2-5-11-24)33-32(39)30-27-14-8-9-15-29(27)34-31(25-12-6-3-7-13-25)28(30)21-36-18-16-35(17-19-36)20-26(38)22-37/h3,6-9,12-15,23-24,26,37-38H,2,4-5,10-11,16-22H2,1H3,(H,33,39)/t23-,26-/m0/s1. The van der Waals surface area contributed by atoms with Crippen molar-refractivity contribution in [3.63, 3.8) is 0 Å². The van der Waals surface area contributed by atoms with Crippen LogP contribution >= 0.6 is 0 Å². The van der Waals surface area contributed by atoms with Crippen LogP contribution in [0.1, 0.15) is 54.9 Å². The third kappa shape index (κ3) is 6.67. The van der Waals surface area contributed by atoms with Gasteiger partial charge in [-0.15, -0.1) is 0 Å². The number of β-amino-alcohol motifs (C(OH)–C–C–N with tert-alkyl or cyclic N) is 1. The number of amides is 1. The van der Waals surface area contributed by atoms with Crippen LogP contribution < -0.4 is 5.32 Å². The number of aliphatic hydroxyl groups is 2. The van der Waals surface area contributed by atoms with E-state index in [1.165, 1.54) is 32.1 Å². The number of pyridine rings is 1. The topological polar surface area (TPSA) is 88.9 Å². The van der Waals surface area contributed by atoms with Crippen LogP contribution in [0.4, 0.5) is 0 Å². The molecule has 0 unspecified atom stereocenters. The molecule has 0 bridgehead atoms. The van der Waals surface area contributed by atoms with Crippen LogP contribution in [-0.2, 0) is 6.54 Å². The number of aliphatic hydroxyl groups excluding tert-OH is 2. The zero-order chi connectivity index (χ0) is 27.2. The molecule has 2 heterocycles. The van der Waals surface area contributed by atoms with Gasteiger partial charge in [0, 0.05) is 61.8 Å². The van der Waals surface area contributed by atoms with E-state index in [0.717, 1.165) is 59.5 Å². The van der Waals surface area contributed by atoms with E-state index in [-0.39, 0.29) is 18.6 Å². The van der Waals surface area contributed by atoms with E-state index in [2.05, 4.69) is 34.2 Å². The number of fused-ring (bicyclic) bond motifs is 1. The van der Waals surface area contributed by atoms with Gasteiger partial charge in [0.15, 0.2) is 0 Å². The quantitative estimate of drug-likeness (QED) is 0.387. The smallest absolute Gasteiger partial charge is 0.252 e. The Morgan fingerprint density at radius 1 is 0.974 bits per heavy atom. The maximum atomic E-state index is 14.1. The summed E-state index contributed by atoms with van der Waals surface area (Å²) in [4.78, 5) is 23.8. The number of hydrogen-bond donors (Lipinski definition) is 3. The van der Waals surface area contributed by atoms with Crippen molar-refractivity contribution in [3.05, 3.63) is 65.7 Å². The van der Waals surface area contributed by atoms with E-state index >= 15 is 0 Å². The number of piperazine rings is 1. The number of nitrogens with one attached hydrogen (secondary N) is 1. The Morgan fingerprint density at radius 2 is 1.64 bits per heavy atom. The van der Waals surface area contributed by atoms with Gasteiger partial charge in [-0.3, -0.25) is 14.6 Å². The first-order valence-electron chi connectivity index (χ1n) is 14.5. The Balaban J connectivity index is 1.49. The molecule has 2 fully saturated rings. The number of hydrogen-bond acceptors (Lipinski definition) is 6. The summed E-state index contributed by atoms with van der Waals surface area (Å²) in [5.74, 6) is 0.513.